The average Bonchev–Trinajstić information content (AvgIpc) is 3.09. The van der Waals surface area contributed by atoms with Gasteiger partial charge in [0.1, 0.15) is 6.29 Å². The lowest BCUT2D eigenvalue weighted by atomic mass is 9.87. The number of hydrogen-bond donors (Lipinski definition) is 1. The van der Waals surface area contributed by atoms with E-state index in [-0.39, 0.29) is 6.10 Å². The molecule has 2 aliphatic carbocycles. The Bertz CT molecular complexity index is 449. The van der Waals surface area contributed by atoms with Crippen LogP contribution < -0.4 is 0 Å². The summed E-state index contributed by atoms with van der Waals surface area (Å²) in [6, 6.07) is 0. The van der Waals surface area contributed by atoms with Crippen molar-refractivity contribution in [1.29, 1.82) is 0 Å². The van der Waals surface area contributed by atoms with Crippen molar-refractivity contribution in [3.8, 4) is 0 Å². The summed E-state index contributed by atoms with van der Waals surface area (Å²) in [5.74, 6) is 2.23. The summed E-state index contributed by atoms with van der Waals surface area (Å²) >= 11 is 0. The van der Waals surface area contributed by atoms with E-state index in [4.69, 9.17) is 0 Å². The van der Waals surface area contributed by atoms with Crippen LogP contribution in [0, 0.1) is 17.8 Å². The summed E-state index contributed by atoms with van der Waals surface area (Å²) in [5.41, 5.74) is 0. The summed E-state index contributed by atoms with van der Waals surface area (Å²) in [5, 5.41) is 10.3. The van der Waals surface area contributed by atoms with E-state index in [2.05, 4.69) is 36.5 Å². The highest BCUT2D eigenvalue weighted by Crippen LogP contribution is 2.38. The smallest absolute Gasteiger partial charge is 0.120 e. The molecular formula is C23H36O2. The lowest BCUT2D eigenvalue weighted by Gasteiger charge is -2.21. The third-order valence-electron chi connectivity index (χ3n) is 5.93. The van der Waals surface area contributed by atoms with Crippen LogP contribution in [-0.2, 0) is 4.79 Å². The van der Waals surface area contributed by atoms with E-state index in [1.165, 1.54) is 32.1 Å². The van der Waals surface area contributed by atoms with Crippen molar-refractivity contribution in [1.82, 2.24) is 0 Å². The molecule has 0 amide bonds. The third kappa shape index (κ3) is 8.18. The van der Waals surface area contributed by atoms with E-state index < -0.39 is 0 Å². The predicted octanol–water partition coefficient (Wildman–Crippen LogP) is 5.77. The molecule has 0 saturated heterocycles. The van der Waals surface area contributed by atoms with Crippen LogP contribution in [0.4, 0.5) is 0 Å². The number of aliphatic hydroxyl groups is 1. The number of carbonyl (C=O) groups is 1. The molecule has 2 heteroatoms. The van der Waals surface area contributed by atoms with Gasteiger partial charge in [-0.1, -0.05) is 49.3 Å². The number of aldehydes is 1. The lowest BCUT2D eigenvalue weighted by molar-refractivity contribution is -0.107. The van der Waals surface area contributed by atoms with Gasteiger partial charge >= 0.3 is 0 Å². The van der Waals surface area contributed by atoms with Gasteiger partial charge in [0, 0.05) is 6.42 Å². The van der Waals surface area contributed by atoms with Gasteiger partial charge in [0.25, 0.3) is 0 Å². The highest BCUT2D eigenvalue weighted by atomic mass is 16.3. The normalized spacial score (nSPS) is 27.2. The topological polar surface area (TPSA) is 37.3 Å². The van der Waals surface area contributed by atoms with Crippen molar-refractivity contribution in [2.75, 3.05) is 0 Å². The minimum atomic E-state index is -0.126. The monoisotopic (exact) mass is 344 g/mol. The third-order valence-corrected chi connectivity index (χ3v) is 5.93. The summed E-state index contributed by atoms with van der Waals surface area (Å²) in [4.78, 5) is 10.3. The zero-order valence-electron chi connectivity index (χ0n) is 15.7. The van der Waals surface area contributed by atoms with Gasteiger partial charge in [-0.2, -0.15) is 0 Å². The number of rotatable bonds is 12. The van der Waals surface area contributed by atoms with E-state index in [1.807, 2.05) is 0 Å². The largest absolute Gasteiger partial charge is 0.393 e. The van der Waals surface area contributed by atoms with Crippen molar-refractivity contribution >= 4 is 6.29 Å². The second-order valence-electron chi connectivity index (χ2n) is 7.87. The molecule has 1 fully saturated rings. The molecule has 0 aliphatic heterocycles. The molecule has 2 rings (SSSR count). The molecule has 0 radical (unpaired) electrons. The van der Waals surface area contributed by atoms with Crippen molar-refractivity contribution in [3.05, 3.63) is 36.5 Å². The average molecular weight is 345 g/mol. The molecule has 2 nitrogen and oxygen atoms in total. The van der Waals surface area contributed by atoms with Crippen LogP contribution in [-0.4, -0.2) is 17.5 Å². The summed E-state index contributed by atoms with van der Waals surface area (Å²) in [6.45, 7) is 0. The molecule has 0 bridgehead atoms. The number of carbonyl (C=O) groups excluding carboxylic acids is 1. The predicted molar refractivity (Wildman–Crippen MR) is 105 cm³/mol. The summed E-state index contributed by atoms with van der Waals surface area (Å²) in [6.07, 6.45) is 27.5. The molecule has 1 N–H and O–H groups in total. The van der Waals surface area contributed by atoms with Gasteiger partial charge in [-0.15, -0.1) is 0 Å². The highest BCUT2D eigenvalue weighted by molar-refractivity contribution is 5.49. The zero-order chi connectivity index (χ0) is 17.7. The number of allylic oxidation sites excluding steroid dienone is 6. The fourth-order valence-corrected chi connectivity index (χ4v) is 4.31. The van der Waals surface area contributed by atoms with Gasteiger partial charge < -0.3 is 9.90 Å². The van der Waals surface area contributed by atoms with E-state index in [0.717, 1.165) is 56.6 Å². The Morgan fingerprint density at radius 3 is 2.68 bits per heavy atom. The molecule has 0 heterocycles. The van der Waals surface area contributed by atoms with Gasteiger partial charge in [0.05, 0.1) is 6.10 Å². The van der Waals surface area contributed by atoms with Crippen LogP contribution in [0.15, 0.2) is 36.5 Å². The van der Waals surface area contributed by atoms with Crippen LogP contribution in [0.3, 0.4) is 0 Å². The van der Waals surface area contributed by atoms with Crippen LogP contribution in [0.25, 0.3) is 0 Å². The first-order chi connectivity index (χ1) is 12.3. The van der Waals surface area contributed by atoms with Crippen LogP contribution in [0.5, 0.6) is 0 Å². The Morgan fingerprint density at radius 2 is 1.88 bits per heavy atom. The maximum absolute atomic E-state index is 10.3. The molecular weight excluding hydrogens is 308 g/mol. The molecule has 0 aromatic rings. The Morgan fingerprint density at radius 1 is 1.04 bits per heavy atom. The van der Waals surface area contributed by atoms with Crippen molar-refractivity contribution < 1.29 is 9.90 Å². The zero-order valence-corrected chi connectivity index (χ0v) is 15.7. The molecule has 4 atom stereocenters. The molecule has 1 saturated carbocycles. The molecule has 0 aromatic heterocycles. The number of hydrogen-bond acceptors (Lipinski definition) is 2. The summed E-state index contributed by atoms with van der Waals surface area (Å²) < 4.78 is 0. The molecule has 2 aliphatic rings. The molecule has 140 valence electrons. The van der Waals surface area contributed by atoms with E-state index >= 15 is 0 Å². The van der Waals surface area contributed by atoms with E-state index in [1.54, 1.807) is 0 Å². The maximum Gasteiger partial charge on any atom is 0.120 e. The number of unbranched alkanes of at least 4 members (excludes halogenated alkanes) is 2. The van der Waals surface area contributed by atoms with Crippen LogP contribution >= 0.6 is 0 Å². The quantitative estimate of drug-likeness (QED) is 0.277. The Hall–Kier alpha value is -1.15. The van der Waals surface area contributed by atoms with Gasteiger partial charge in [0.2, 0.25) is 0 Å². The SMILES string of the molecule is O=CCCC/C=C\CC1CCC[C@@H]1CCC(O)CCC1C=CC=CC1. The number of aliphatic hydroxyl groups excluding tert-OH is 1. The minimum Gasteiger partial charge on any atom is -0.393 e. The van der Waals surface area contributed by atoms with E-state index in [9.17, 15) is 9.90 Å². The van der Waals surface area contributed by atoms with E-state index in [0.29, 0.717) is 12.3 Å². The highest BCUT2D eigenvalue weighted by Gasteiger charge is 2.26. The second kappa shape index (κ2) is 12.2. The Labute approximate surface area is 154 Å². The first kappa shape index (κ1) is 20.2. The molecule has 3 unspecified atom stereocenters. The first-order valence-corrected chi connectivity index (χ1v) is 10.4. The van der Waals surface area contributed by atoms with Gasteiger partial charge in [0.15, 0.2) is 0 Å². The van der Waals surface area contributed by atoms with Crippen molar-refractivity contribution in [2.24, 2.45) is 17.8 Å². The minimum absolute atomic E-state index is 0.126. The van der Waals surface area contributed by atoms with Crippen molar-refractivity contribution in [3.63, 3.8) is 0 Å². The fraction of sp³-hybridized carbons (Fsp3) is 0.696. The Balaban J connectivity index is 1.59. The molecule has 0 aromatic carbocycles. The molecule has 25 heavy (non-hydrogen) atoms. The first-order valence-electron chi connectivity index (χ1n) is 10.4. The lowest BCUT2D eigenvalue weighted by Crippen LogP contribution is -2.14. The van der Waals surface area contributed by atoms with Gasteiger partial charge in [-0.25, -0.2) is 0 Å². The van der Waals surface area contributed by atoms with Crippen LogP contribution in [0.2, 0.25) is 0 Å². The van der Waals surface area contributed by atoms with Crippen LogP contribution in [0.1, 0.15) is 77.0 Å². The van der Waals surface area contributed by atoms with Gasteiger partial charge in [-0.05, 0) is 75.5 Å². The van der Waals surface area contributed by atoms with Crippen molar-refractivity contribution in [2.45, 2.75) is 83.2 Å². The molecule has 0 spiro atoms. The summed E-state index contributed by atoms with van der Waals surface area (Å²) in [7, 11) is 0. The maximum atomic E-state index is 10.3. The standard InChI is InChI=1S/C23H36O2/c24-19-8-3-1-2-7-12-21-13-9-14-22(21)16-18-23(25)17-15-20-10-5-4-6-11-20/h2,4-7,10,19-23,25H,1,3,8-9,11-18H2/b7-2-/t20?,21?,22-,23?/m1/s1. The Kier molecular flexibility index (Phi) is 9.88. The van der Waals surface area contributed by atoms with Gasteiger partial charge in [-0.3, -0.25) is 0 Å². The second-order valence-corrected chi connectivity index (χ2v) is 7.87. The fourth-order valence-electron chi connectivity index (χ4n) is 4.31.